The van der Waals surface area contributed by atoms with Crippen molar-refractivity contribution >= 4 is 17.4 Å². The third kappa shape index (κ3) is 2.64. The van der Waals surface area contributed by atoms with Gasteiger partial charge in [-0.1, -0.05) is 0 Å². The molecule has 4 nitrogen and oxygen atoms in total. The molecular weight excluding hydrogens is 218 g/mol. The summed E-state index contributed by atoms with van der Waals surface area (Å²) in [6, 6.07) is 7.17. The second-order valence-corrected chi connectivity index (χ2v) is 3.98. The van der Waals surface area contributed by atoms with E-state index in [1.165, 1.54) is 0 Å². The van der Waals surface area contributed by atoms with Gasteiger partial charge in [-0.2, -0.15) is 0 Å². The van der Waals surface area contributed by atoms with E-state index in [2.05, 4.69) is 0 Å². The summed E-state index contributed by atoms with van der Waals surface area (Å²) >= 11 is 0. The highest BCUT2D eigenvalue weighted by Crippen LogP contribution is 2.19. The van der Waals surface area contributed by atoms with Gasteiger partial charge in [-0.05, 0) is 31.2 Å². The first-order chi connectivity index (χ1) is 8.20. The van der Waals surface area contributed by atoms with Crippen LogP contribution in [0.2, 0.25) is 0 Å². The van der Waals surface area contributed by atoms with Gasteiger partial charge in [-0.25, -0.2) is 4.79 Å². The van der Waals surface area contributed by atoms with Gasteiger partial charge in [0.2, 0.25) is 0 Å². The number of hydrogen-bond donors (Lipinski definition) is 0. The van der Waals surface area contributed by atoms with Crippen LogP contribution in [0.25, 0.3) is 0 Å². The first-order valence-electron chi connectivity index (χ1n) is 5.74. The maximum absolute atomic E-state index is 11.4. The predicted octanol–water partition coefficient (Wildman–Crippen LogP) is 1.64. The first-order valence-corrected chi connectivity index (χ1v) is 5.74. The largest absolute Gasteiger partial charge is 0.462 e. The quantitative estimate of drug-likeness (QED) is 0.745. The molecule has 0 spiro atoms. The fourth-order valence-corrected chi connectivity index (χ4v) is 1.87. The number of carbonyl (C=O) groups is 2. The highest BCUT2D eigenvalue weighted by Gasteiger charge is 2.19. The molecule has 17 heavy (non-hydrogen) atoms. The molecule has 1 heterocycles. The van der Waals surface area contributed by atoms with Gasteiger partial charge < -0.3 is 9.64 Å². The molecule has 0 saturated carbocycles. The Kier molecular flexibility index (Phi) is 3.42. The average molecular weight is 233 g/mol. The minimum Gasteiger partial charge on any atom is -0.462 e. The minimum atomic E-state index is -0.309. The Bertz CT molecular complexity index is 425. The van der Waals surface area contributed by atoms with Gasteiger partial charge in [0, 0.05) is 18.7 Å². The zero-order valence-electron chi connectivity index (χ0n) is 9.81. The number of carbonyl (C=O) groups excluding carboxylic acids is 2. The lowest BCUT2D eigenvalue weighted by Gasteiger charge is -2.16. The molecule has 1 aromatic rings. The molecule has 1 fully saturated rings. The predicted molar refractivity (Wildman–Crippen MR) is 64.2 cm³/mol. The van der Waals surface area contributed by atoms with Crippen molar-refractivity contribution in [1.29, 1.82) is 0 Å². The van der Waals surface area contributed by atoms with Crippen molar-refractivity contribution in [2.24, 2.45) is 0 Å². The van der Waals surface area contributed by atoms with Gasteiger partial charge in [0.1, 0.15) is 0 Å². The van der Waals surface area contributed by atoms with Crippen LogP contribution in [-0.4, -0.2) is 31.4 Å². The maximum atomic E-state index is 11.4. The summed E-state index contributed by atoms with van der Waals surface area (Å²) in [6.07, 6.45) is 0.611. The van der Waals surface area contributed by atoms with Crippen molar-refractivity contribution in [3.63, 3.8) is 0 Å². The number of nitrogens with zero attached hydrogens (tertiary/aromatic N) is 1. The zero-order valence-corrected chi connectivity index (χ0v) is 9.81. The Hall–Kier alpha value is -1.84. The van der Waals surface area contributed by atoms with E-state index in [-0.39, 0.29) is 11.8 Å². The molecule has 2 rings (SSSR count). The Morgan fingerprint density at radius 1 is 1.35 bits per heavy atom. The summed E-state index contributed by atoms with van der Waals surface area (Å²) in [4.78, 5) is 24.6. The van der Waals surface area contributed by atoms with E-state index in [9.17, 15) is 9.59 Å². The van der Waals surface area contributed by atoms with Crippen LogP contribution in [-0.2, 0) is 9.53 Å². The number of benzene rings is 1. The van der Waals surface area contributed by atoms with E-state index in [0.717, 1.165) is 12.2 Å². The molecule has 1 aromatic carbocycles. The lowest BCUT2D eigenvalue weighted by molar-refractivity contribution is -0.116. The Morgan fingerprint density at radius 2 is 2.06 bits per heavy atom. The van der Waals surface area contributed by atoms with E-state index in [1.54, 1.807) is 19.1 Å². The van der Waals surface area contributed by atoms with Crippen molar-refractivity contribution < 1.29 is 14.3 Å². The molecule has 1 aliphatic heterocycles. The fourth-order valence-electron chi connectivity index (χ4n) is 1.87. The Labute approximate surface area is 100 Å². The van der Waals surface area contributed by atoms with E-state index < -0.39 is 0 Å². The Morgan fingerprint density at radius 3 is 2.59 bits per heavy atom. The molecule has 1 aliphatic rings. The molecule has 0 amide bonds. The molecule has 4 heteroatoms. The SMILES string of the molecule is CCOC(=O)c1ccc(N2CCC(=O)C2)cc1. The van der Waals surface area contributed by atoms with Crippen LogP contribution >= 0.6 is 0 Å². The minimum absolute atomic E-state index is 0.263. The van der Waals surface area contributed by atoms with E-state index in [4.69, 9.17) is 4.74 Å². The lowest BCUT2D eigenvalue weighted by atomic mass is 10.2. The standard InChI is InChI=1S/C13H15NO3/c1-2-17-13(16)10-3-5-11(6-4-10)14-8-7-12(15)9-14/h3-6H,2,7-9H2,1H3. The topological polar surface area (TPSA) is 46.6 Å². The van der Waals surface area contributed by atoms with E-state index in [1.807, 2.05) is 17.0 Å². The van der Waals surface area contributed by atoms with Gasteiger partial charge in [0.15, 0.2) is 5.78 Å². The molecule has 0 bridgehead atoms. The third-order valence-electron chi connectivity index (χ3n) is 2.77. The number of anilines is 1. The molecule has 0 N–H and O–H groups in total. The van der Waals surface area contributed by atoms with Crippen LogP contribution in [0.5, 0.6) is 0 Å². The smallest absolute Gasteiger partial charge is 0.338 e. The summed E-state index contributed by atoms with van der Waals surface area (Å²) in [5, 5.41) is 0. The Balaban J connectivity index is 2.07. The monoisotopic (exact) mass is 233 g/mol. The number of ketones is 1. The molecule has 0 aliphatic carbocycles. The summed E-state index contributed by atoms with van der Waals surface area (Å²) in [7, 11) is 0. The highest BCUT2D eigenvalue weighted by molar-refractivity contribution is 5.90. The summed E-state index contributed by atoms with van der Waals surface area (Å²) < 4.78 is 4.90. The van der Waals surface area contributed by atoms with Crippen LogP contribution in [0.15, 0.2) is 24.3 Å². The molecule has 0 unspecified atom stereocenters. The van der Waals surface area contributed by atoms with Gasteiger partial charge in [0.05, 0.1) is 18.7 Å². The number of Topliss-reactive ketones (excluding diaryl/α,β-unsaturated/α-hetero) is 1. The van der Waals surface area contributed by atoms with Gasteiger partial charge >= 0.3 is 5.97 Å². The van der Waals surface area contributed by atoms with Crippen LogP contribution in [0, 0.1) is 0 Å². The van der Waals surface area contributed by atoms with Crippen molar-refractivity contribution in [3.05, 3.63) is 29.8 Å². The number of hydrogen-bond acceptors (Lipinski definition) is 4. The molecule has 90 valence electrons. The molecular formula is C13H15NO3. The van der Waals surface area contributed by atoms with Gasteiger partial charge in [0.25, 0.3) is 0 Å². The van der Waals surface area contributed by atoms with E-state index in [0.29, 0.717) is 25.1 Å². The lowest BCUT2D eigenvalue weighted by Crippen LogP contribution is -2.19. The molecule has 1 saturated heterocycles. The maximum Gasteiger partial charge on any atom is 0.338 e. The van der Waals surface area contributed by atoms with Crippen LogP contribution in [0.4, 0.5) is 5.69 Å². The van der Waals surface area contributed by atoms with Crippen molar-refractivity contribution in [3.8, 4) is 0 Å². The molecule has 0 atom stereocenters. The molecule has 0 radical (unpaired) electrons. The highest BCUT2D eigenvalue weighted by atomic mass is 16.5. The number of ether oxygens (including phenoxy) is 1. The van der Waals surface area contributed by atoms with Gasteiger partial charge in [-0.3, -0.25) is 4.79 Å². The number of rotatable bonds is 3. The van der Waals surface area contributed by atoms with Crippen LogP contribution < -0.4 is 4.90 Å². The third-order valence-corrected chi connectivity index (χ3v) is 2.77. The second kappa shape index (κ2) is 4.99. The number of esters is 1. The summed E-state index contributed by atoms with van der Waals surface area (Å²) in [5.41, 5.74) is 1.52. The van der Waals surface area contributed by atoms with Gasteiger partial charge in [-0.15, -0.1) is 0 Å². The normalized spacial score (nSPS) is 15.1. The van der Waals surface area contributed by atoms with Crippen molar-refractivity contribution in [1.82, 2.24) is 0 Å². The second-order valence-electron chi connectivity index (χ2n) is 3.98. The zero-order chi connectivity index (χ0) is 12.3. The van der Waals surface area contributed by atoms with Crippen LogP contribution in [0.3, 0.4) is 0 Å². The summed E-state index contributed by atoms with van der Waals surface area (Å²) in [6.45, 7) is 3.39. The van der Waals surface area contributed by atoms with Crippen LogP contribution in [0.1, 0.15) is 23.7 Å². The first kappa shape index (κ1) is 11.6. The summed E-state index contributed by atoms with van der Waals surface area (Å²) in [5.74, 6) is -0.0454. The van der Waals surface area contributed by atoms with Crippen molar-refractivity contribution in [2.45, 2.75) is 13.3 Å². The average Bonchev–Trinajstić information content (AvgIpc) is 2.76. The van der Waals surface area contributed by atoms with Crippen molar-refractivity contribution in [2.75, 3.05) is 24.6 Å². The molecule has 0 aromatic heterocycles. The van der Waals surface area contributed by atoms with E-state index >= 15 is 0 Å². The fraction of sp³-hybridized carbons (Fsp3) is 0.385.